The second-order valence-corrected chi connectivity index (χ2v) is 5.84. The van der Waals surface area contributed by atoms with Crippen LogP contribution in [-0.4, -0.2) is 41.7 Å². The fourth-order valence-corrected chi connectivity index (χ4v) is 2.54. The summed E-state index contributed by atoms with van der Waals surface area (Å²) in [5.74, 6) is 1.51. The first-order chi connectivity index (χ1) is 8.52. The van der Waals surface area contributed by atoms with E-state index >= 15 is 0 Å². The van der Waals surface area contributed by atoms with Crippen LogP contribution in [0.3, 0.4) is 0 Å². The first-order valence-electron chi connectivity index (χ1n) is 6.76. The van der Waals surface area contributed by atoms with Crippen molar-refractivity contribution in [1.82, 2.24) is 15.0 Å². The monoisotopic (exact) mass is 252 g/mol. The van der Waals surface area contributed by atoms with E-state index in [9.17, 15) is 0 Å². The highest BCUT2D eigenvalue weighted by Gasteiger charge is 2.40. The van der Waals surface area contributed by atoms with E-state index in [4.69, 9.17) is 10.3 Å². The van der Waals surface area contributed by atoms with Crippen molar-refractivity contribution in [3.05, 3.63) is 11.7 Å². The van der Waals surface area contributed by atoms with Crippen molar-refractivity contribution < 1.29 is 4.52 Å². The summed E-state index contributed by atoms with van der Waals surface area (Å²) in [4.78, 5) is 6.66. The Balaban J connectivity index is 2.08. The van der Waals surface area contributed by atoms with Gasteiger partial charge < -0.3 is 15.2 Å². The Labute approximate surface area is 109 Å². The molecule has 2 unspecified atom stereocenters. The van der Waals surface area contributed by atoms with E-state index in [-0.39, 0.29) is 11.5 Å². The fraction of sp³-hybridized carbons (Fsp3) is 0.846. The van der Waals surface area contributed by atoms with Crippen LogP contribution in [0.5, 0.6) is 0 Å². The van der Waals surface area contributed by atoms with Crippen LogP contribution in [0.25, 0.3) is 0 Å². The van der Waals surface area contributed by atoms with Crippen molar-refractivity contribution >= 4 is 0 Å². The number of rotatable bonds is 4. The van der Waals surface area contributed by atoms with Crippen LogP contribution in [0, 0.1) is 0 Å². The lowest BCUT2D eigenvalue weighted by molar-refractivity contribution is 0.203. The van der Waals surface area contributed by atoms with Gasteiger partial charge in [0.2, 0.25) is 5.89 Å². The summed E-state index contributed by atoms with van der Waals surface area (Å²) >= 11 is 0. The van der Waals surface area contributed by atoms with Gasteiger partial charge in [-0.1, -0.05) is 18.0 Å². The molecule has 1 aliphatic carbocycles. The van der Waals surface area contributed by atoms with Crippen molar-refractivity contribution in [2.75, 3.05) is 20.6 Å². The molecule has 0 aliphatic heterocycles. The zero-order chi connectivity index (χ0) is 13.2. The molecule has 5 heteroatoms. The molecule has 1 saturated carbocycles. The Kier molecular flexibility index (Phi) is 4.02. The van der Waals surface area contributed by atoms with Crippen LogP contribution in [-0.2, 0) is 11.8 Å². The van der Waals surface area contributed by atoms with E-state index in [2.05, 4.69) is 22.0 Å². The van der Waals surface area contributed by atoms with E-state index < -0.39 is 0 Å². The van der Waals surface area contributed by atoms with Crippen molar-refractivity contribution in [2.45, 2.75) is 50.5 Å². The number of aromatic nitrogens is 2. The number of nitrogens with zero attached hydrogens (tertiary/aromatic N) is 3. The number of nitrogens with two attached hydrogens (primary N) is 1. The van der Waals surface area contributed by atoms with E-state index in [1.54, 1.807) is 0 Å². The summed E-state index contributed by atoms with van der Waals surface area (Å²) in [6.07, 6.45) is 5.31. The van der Waals surface area contributed by atoms with Gasteiger partial charge in [0.1, 0.15) is 0 Å². The molecule has 1 aliphatic rings. The molecule has 2 rings (SSSR count). The SMILES string of the molecule is CN(C)CCc1noc(C2(C)CCCCC2N)n1. The molecule has 0 radical (unpaired) electrons. The zero-order valence-electron chi connectivity index (χ0n) is 11.6. The largest absolute Gasteiger partial charge is 0.339 e. The molecule has 1 aromatic heterocycles. The average Bonchev–Trinajstić information content (AvgIpc) is 2.80. The molecule has 5 nitrogen and oxygen atoms in total. The van der Waals surface area contributed by atoms with Gasteiger partial charge >= 0.3 is 0 Å². The molecule has 0 bridgehead atoms. The van der Waals surface area contributed by atoms with E-state index in [0.717, 1.165) is 37.5 Å². The molecular formula is C13H24N4O. The molecule has 1 fully saturated rings. The molecule has 2 atom stereocenters. The lowest BCUT2D eigenvalue weighted by Gasteiger charge is -2.35. The second kappa shape index (κ2) is 5.36. The van der Waals surface area contributed by atoms with Gasteiger partial charge in [0.25, 0.3) is 0 Å². The minimum atomic E-state index is -0.137. The van der Waals surface area contributed by atoms with E-state index in [1.807, 2.05) is 14.1 Å². The van der Waals surface area contributed by atoms with Gasteiger partial charge in [-0.15, -0.1) is 0 Å². The Hall–Kier alpha value is -0.940. The smallest absolute Gasteiger partial charge is 0.234 e. The summed E-state index contributed by atoms with van der Waals surface area (Å²) in [6, 6.07) is 0.133. The Bertz CT molecular complexity index is 390. The lowest BCUT2D eigenvalue weighted by atomic mass is 9.72. The van der Waals surface area contributed by atoms with Gasteiger partial charge in [-0.3, -0.25) is 0 Å². The average molecular weight is 252 g/mol. The summed E-state index contributed by atoms with van der Waals surface area (Å²) in [6.45, 7) is 3.09. The van der Waals surface area contributed by atoms with Crippen molar-refractivity contribution in [3.63, 3.8) is 0 Å². The van der Waals surface area contributed by atoms with Gasteiger partial charge in [-0.25, -0.2) is 0 Å². The second-order valence-electron chi connectivity index (χ2n) is 5.84. The predicted octanol–water partition coefficient (Wildman–Crippen LogP) is 1.33. The number of likely N-dealkylation sites (N-methyl/N-ethyl adjacent to an activating group) is 1. The van der Waals surface area contributed by atoms with Crippen LogP contribution in [0.4, 0.5) is 0 Å². The van der Waals surface area contributed by atoms with E-state index in [1.165, 1.54) is 12.8 Å². The highest BCUT2D eigenvalue weighted by atomic mass is 16.5. The first-order valence-corrected chi connectivity index (χ1v) is 6.76. The Morgan fingerprint density at radius 2 is 2.22 bits per heavy atom. The van der Waals surface area contributed by atoms with Gasteiger partial charge in [-0.05, 0) is 33.9 Å². The molecule has 102 valence electrons. The molecule has 1 aromatic rings. The minimum absolute atomic E-state index is 0.133. The van der Waals surface area contributed by atoms with Crippen LogP contribution in [0.15, 0.2) is 4.52 Å². The maximum atomic E-state index is 6.24. The molecule has 0 amide bonds. The third-order valence-electron chi connectivity index (χ3n) is 4.02. The predicted molar refractivity (Wildman–Crippen MR) is 70.4 cm³/mol. The minimum Gasteiger partial charge on any atom is -0.339 e. The maximum absolute atomic E-state index is 6.24. The molecule has 0 aromatic carbocycles. The maximum Gasteiger partial charge on any atom is 0.234 e. The normalized spacial score (nSPS) is 28.8. The molecule has 0 saturated heterocycles. The quantitative estimate of drug-likeness (QED) is 0.875. The third kappa shape index (κ3) is 2.72. The first kappa shape index (κ1) is 13.5. The Morgan fingerprint density at radius 3 is 2.89 bits per heavy atom. The Morgan fingerprint density at radius 1 is 1.44 bits per heavy atom. The van der Waals surface area contributed by atoms with Gasteiger partial charge in [0, 0.05) is 19.0 Å². The zero-order valence-corrected chi connectivity index (χ0v) is 11.6. The fourth-order valence-electron chi connectivity index (χ4n) is 2.54. The summed E-state index contributed by atoms with van der Waals surface area (Å²) < 4.78 is 5.45. The summed E-state index contributed by atoms with van der Waals surface area (Å²) in [5, 5.41) is 4.07. The van der Waals surface area contributed by atoms with Gasteiger partial charge in [-0.2, -0.15) is 4.98 Å². The van der Waals surface area contributed by atoms with Crippen LogP contribution >= 0.6 is 0 Å². The van der Waals surface area contributed by atoms with Crippen molar-refractivity contribution in [1.29, 1.82) is 0 Å². The topological polar surface area (TPSA) is 68.2 Å². The molecule has 18 heavy (non-hydrogen) atoms. The van der Waals surface area contributed by atoms with Crippen molar-refractivity contribution in [3.8, 4) is 0 Å². The standard InChI is InChI=1S/C13H24N4O/c1-13(8-5-4-6-10(13)14)12-15-11(16-18-12)7-9-17(2)3/h10H,4-9,14H2,1-3H3. The van der Waals surface area contributed by atoms with E-state index in [0.29, 0.717) is 0 Å². The van der Waals surface area contributed by atoms with Crippen LogP contribution in [0.1, 0.15) is 44.3 Å². The third-order valence-corrected chi connectivity index (χ3v) is 4.02. The molecule has 0 spiro atoms. The van der Waals surface area contributed by atoms with Crippen LogP contribution in [0.2, 0.25) is 0 Å². The number of hydrogen-bond acceptors (Lipinski definition) is 5. The summed E-state index contributed by atoms with van der Waals surface area (Å²) in [5.41, 5.74) is 6.10. The van der Waals surface area contributed by atoms with Crippen molar-refractivity contribution in [2.24, 2.45) is 5.73 Å². The lowest BCUT2D eigenvalue weighted by Crippen LogP contribution is -2.45. The van der Waals surface area contributed by atoms with Gasteiger partial charge in [0.15, 0.2) is 5.82 Å². The van der Waals surface area contributed by atoms with Crippen LogP contribution < -0.4 is 5.73 Å². The highest BCUT2D eigenvalue weighted by Crippen LogP contribution is 2.37. The molecule has 2 N–H and O–H groups in total. The summed E-state index contributed by atoms with van der Waals surface area (Å²) in [7, 11) is 4.08. The molecule has 1 heterocycles. The van der Waals surface area contributed by atoms with Gasteiger partial charge in [0.05, 0.1) is 5.41 Å². The molecular weight excluding hydrogens is 228 g/mol. The number of hydrogen-bond donors (Lipinski definition) is 1. The highest BCUT2D eigenvalue weighted by molar-refractivity contribution is 5.10.